The molecule has 0 fully saturated rings. The van der Waals surface area contributed by atoms with Gasteiger partial charge in [-0.15, -0.1) is 0 Å². The molecule has 0 saturated carbocycles. The summed E-state index contributed by atoms with van der Waals surface area (Å²) in [6, 6.07) is 14.9. The minimum atomic E-state index is -1.04. The zero-order valence-electron chi connectivity index (χ0n) is 13.7. The van der Waals surface area contributed by atoms with Crippen molar-refractivity contribution in [2.24, 2.45) is 0 Å². The van der Waals surface area contributed by atoms with Crippen molar-refractivity contribution >= 4 is 17.9 Å². The van der Waals surface area contributed by atoms with Gasteiger partial charge in [-0.1, -0.05) is 18.2 Å². The molecule has 0 spiro atoms. The van der Waals surface area contributed by atoms with Gasteiger partial charge in [0.05, 0.1) is 5.69 Å². The summed E-state index contributed by atoms with van der Waals surface area (Å²) in [5.74, 6) is 0.361. The molecule has 2 heterocycles. The highest BCUT2D eigenvalue weighted by Crippen LogP contribution is 2.19. The Morgan fingerprint density at radius 3 is 2.65 bits per heavy atom. The Morgan fingerprint density at radius 2 is 1.92 bits per heavy atom. The lowest BCUT2D eigenvalue weighted by Gasteiger charge is -2.07. The quantitative estimate of drug-likeness (QED) is 0.632. The lowest BCUT2D eigenvalue weighted by molar-refractivity contribution is -0.131. The number of carboxylic acid groups (broad SMARTS) is 1. The number of carboxylic acids is 1. The van der Waals surface area contributed by atoms with Crippen LogP contribution in [0, 0.1) is 0 Å². The molecule has 1 aromatic carbocycles. The summed E-state index contributed by atoms with van der Waals surface area (Å²) in [5.41, 5.74) is 1.52. The summed E-state index contributed by atoms with van der Waals surface area (Å²) in [6.45, 7) is 0.642. The number of anilines is 1. The van der Waals surface area contributed by atoms with Crippen molar-refractivity contribution in [3.05, 3.63) is 78.3 Å². The predicted octanol–water partition coefficient (Wildman–Crippen LogP) is 3.37. The molecule has 130 valence electrons. The van der Waals surface area contributed by atoms with Crippen LogP contribution in [0.15, 0.2) is 67.0 Å². The molecule has 0 radical (unpaired) electrons. The van der Waals surface area contributed by atoms with E-state index in [1.165, 1.54) is 12.3 Å². The third kappa shape index (κ3) is 5.13. The average molecular weight is 348 g/mol. The minimum Gasteiger partial charge on any atom is -0.478 e. The number of aliphatic carboxylic acids is 1. The van der Waals surface area contributed by atoms with Crippen molar-refractivity contribution in [1.82, 2.24) is 15.0 Å². The number of nitrogens with one attached hydrogen (secondary N) is 1. The number of hydrogen-bond donors (Lipinski definition) is 2. The first kappa shape index (κ1) is 17.1. The Balaban J connectivity index is 1.60. The van der Waals surface area contributed by atoms with Crippen LogP contribution in [0.2, 0.25) is 0 Å². The van der Waals surface area contributed by atoms with E-state index in [-0.39, 0.29) is 6.01 Å². The first-order chi connectivity index (χ1) is 12.7. The van der Waals surface area contributed by atoms with Crippen LogP contribution in [0.5, 0.6) is 11.8 Å². The highest BCUT2D eigenvalue weighted by molar-refractivity contribution is 5.84. The Labute approximate surface area is 150 Å². The zero-order chi connectivity index (χ0) is 18.2. The third-order valence-corrected chi connectivity index (χ3v) is 3.32. The number of carbonyl (C=O) groups is 1. The zero-order valence-corrected chi connectivity index (χ0v) is 13.7. The standard InChI is InChI=1S/C19H16N4O3/c24-18(25)9-6-15-10-12-21-19(23-15)26-16-7-4-14(5-8-16)13-22-17-3-1-2-11-20-17/h1-12H,13H2,(H,20,22)(H,24,25). The fourth-order valence-corrected chi connectivity index (χ4v) is 2.09. The fraction of sp³-hybridized carbons (Fsp3) is 0.0526. The number of pyridine rings is 1. The Morgan fingerprint density at radius 1 is 1.08 bits per heavy atom. The number of nitrogens with zero attached hydrogens (tertiary/aromatic N) is 3. The van der Waals surface area contributed by atoms with Gasteiger partial charge in [0.25, 0.3) is 0 Å². The van der Waals surface area contributed by atoms with Crippen molar-refractivity contribution in [2.45, 2.75) is 6.54 Å². The van der Waals surface area contributed by atoms with Gasteiger partial charge in [-0.3, -0.25) is 0 Å². The van der Waals surface area contributed by atoms with E-state index in [4.69, 9.17) is 9.84 Å². The van der Waals surface area contributed by atoms with Crippen molar-refractivity contribution in [2.75, 3.05) is 5.32 Å². The normalized spacial score (nSPS) is 10.6. The molecule has 0 aliphatic heterocycles. The summed E-state index contributed by atoms with van der Waals surface area (Å²) in [6.07, 6.45) is 5.63. The van der Waals surface area contributed by atoms with E-state index >= 15 is 0 Å². The van der Waals surface area contributed by atoms with Crippen LogP contribution in [0.25, 0.3) is 6.08 Å². The molecule has 0 amide bonds. The first-order valence-electron chi connectivity index (χ1n) is 7.85. The molecule has 0 aliphatic carbocycles. The summed E-state index contributed by atoms with van der Waals surface area (Å²) in [7, 11) is 0. The maximum absolute atomic E-state index is 10.6. The van der Waals surface area contributed by atoms with E-state index in [0.717, 1.165) is 17.5 Å². The van der Waals surface area contributed by atoms with Crippen LogP contribution in [0.1, 0.15) is 11.3 Å². The average Bonchev–Trinajstić information content (AvgIpc) is 2.67. The van der Waals surface area contributed by atoms with Gasteiger partial charge in [0.2, 0.25) is 0 Å². The van der Waals surface area contributed by atoms with Gasteiger partial charge >= 0.3 is 12.0 Å². The molecule has 2 N–H and O–H groups in total. The van der Waals surface area contributed by atoms with Gasteiger partial charge in [-0.05, 0) is 42.0 Å². The summed E-state index contributed by atoms with van der Waals surface area (Å²) in [4.78, 5) is 22.9. The van der Waals surface area contributed by atoms with Crippen LogP contribution >= 0.6 is 0 Å². The van der Waals surface area contributed by atoms with Crippen molar-refractivity contribution in [1.29, 1.82) is 0 Å². The molecule has 26 heavy (non-hydrogen) atoms. The van der Waals surface area contributed by atoms with E-state index in [0.29, 0.717) is 18.0 Å². The van der Waals surface area contributed by atoms with E-state index in [1.807, 2.05) is 42.5 Å². The molecule has 0 aliphatic rings. The number of ether oxygens (including phenoxy) is 1. The Kier molecular flexibility index (Phi) is 5.51. The molecule has 3 aromatic rings. The molecule has 2 aromatic heterocycles. The Bertz CT molecular complexity index is 896. The lowest BCUT2D eigenvalue weighted by Crippen LogP contribution is -2.00. The monoisotopic (exact) mass is 348 g/mol. The topological polar surface area (TPSA) is 97.2 Å². The van der Waals surface area contributed by atoms with Gasteiger partial charge in [0, 0.05) is 25.0 Å². The predicted molar refractivity (Wildman–Crippen MR) is 96.8 cm³/mol. The highest BCUT2D eigenvalue weighted by Gasteiger charge is 2.02. The first-order valence-corrected chi connectivity index (χ1v) is 7.85. The number of hydrogen-bond acceptors (Lipinski definition) is 6. The van der Waals surface area contributed by atoms with Gasteiger partial charge in [-0.2, -0.15) is 4.98 Å². The second-order valence-electron chi connectivity index (χ2n) is 5.25. The lowest BCUT2D eigenvalue weighted by atomic mass is 10.2. The number of benzene rings is 1. The maximum Gasteiger partial charge on any atom is 0.328 e. The number of rotatable bonds is 7. The van der Waals surface area contributed by atoms with E-state index in [1.54, 1.807) is 12.3 Å². The van der Waals surface area contributed by atoms with Crippen LogP contribution < -0.4 is 10.1 Å². The van der Waals surface area contributed by atoms with Crippen LogP contribution in [-0.4, -0.2) is 26.0 Å². The van der Waals surface area contributed by atoms with E-state index in [2.05, 4.69) is 20.3 Å². The van der Waals surface area contributed by atoms with Crippen LogP contribution in [0.4, 0.5) is 5.82 Å². The molecule has 3 rings (SSSR count). The number of aromatic nitrogens is 3. The third-order valence-electron chi connectivity index (χ3n) is 3.32. The second kappa shape index (κ2) is 8.39. The van der Waals surface area contributed by atoms with Crippen LogP contribution in [0.3, 0.4) is 0 Å². The molecular weight excluding hydrogens is 332 g/mol. The summed E-state index contributed by atoms with van der Waals surface area (Å²) >= 11 is 0. The smallest absolute Gasteiger partial charge is 0.328 e. The minimum absolute atomic E-state index is 0.150. The van der Waals surface area contributed by atoms with Crippen molar-refractivity contribution in [3.63, 3.8) is 0 Å². The van der Waals surface area contributed by atoms with Crippen molar-refractivity contribution < 1.29 is 14.6 Å². The molecule has 7 nitrogen and oxygen atoms in total. The second-order valence-corrected chi connectivity index (χ2v) is 5.25. The molecule has 0 saturated heterocycles. The largest absolute Gasteiger partial charge is 0.478 e. The van der Waals surface area contributed by atoms with E-state index in [9.17, 15) is 4.79 Å². The van der Waals surface area contributed by atoms with Gasteiger partial charge in [0.15, 0.2) is 0 Å². The van der Waals surface area contributed by atoms with Crippen LogP contribution in [-0.2, 0) is 11.3 Å². The van der Waals surface area contributed by atoms with Gasteiger partial charge in [-0.25, -0.2) is 14.8 Å². The molecule has 0 atom stereocenters. The van der Waals surface area contributed by atoms with Gasteiger partial charge in [0.1, 0.15) is 11.6 Å². The van der Waals surface area contributed by atoms with E-state index < -0.39 is 5.97 Å². The summed E-state index contributed by atoms with van der Waals surface area (Å²) in [5, 5.41) is 11.9. The SMILES string of the molecule is O=C(O)C=Cc1ccnc(Oc2ccc(CNc3ccccn3)cc2)n1. The highest BCUT2D eigenvalue weighted by atomic mass is 16.5. The summed E-state index contributed by atoms with van der Waals surface area (Å²) < 4.78 is 5.61. The van der Waals surface area contributed by atoms with Crippen molar-refractivity contribution in [3.8, 4) is 11.8 Å². The molecule has 0 unspecified atom stereocenters. The molecule has 0 bridgehead atoms. The van der Waals surface area contributed by atoms with Gasteiger partial charge < -0.3 is 15.2 Å². The molecule has 7 heteroatoms. The Hall–Kier alpha value is -3.74. The fourth-order valence-electron chi connectivity index (χ4n) is 2.09. The molecular formula is C19H16N4O3. The maximum atomic E-state index is 10.6.